The van der Waals surface area contributed by atoms with Crippen LogP contribution in [0.3, 0.4) is 0 Å². The summed E-state index contributed by atoms with van der Waals surface area (Å²) in [7, 11) is 5.60. The Kier molecular flexibility index (Phi) is 11.0. The fourth-order valence-corrected chi connectivity index (χ4v) is 2.45. The summed E-state index contributed by atoms with van der Waals surface area (Å²) in [6.45, 7) is 0.353. The first kappa shape index (κ1) is 23.3. The first-order chi connectivity index (χ1) is 11.5. The third-order valence-electron chi connectivity index (χ3n) is 3.55. The van der Waals surface area contributed by atoms with E-state index in [4.69, 9.17) is 9.84 Å². The molecule has 0 aromatic rings. The van der Waals surface area contributed by atoms with Crippen LogP contribution in [0.25, 0.3) is 0 Å². The van der Waals surface area contributed by atoms with Gasteiger partial charge >= 0.3 is 11.9 Å². The van der Waals surface area contributed by atoms with Gasteiger partial charge in [-0.15, -0.1) is 0 Å². The number of carbonyl (C=O) groups is 3. The van der Waals surface area contributed by atoms with Gasteiger partial charge in [0.1, 0.15) is 6.54 Å². The van der Waals surface area contributed by atoms with Gasteiger partial charge in [0.2, 0.25) is 0 Å². The Balaban J connectivity index is 4.08. The molecule has 0 rings (SSSR count). The topological polar surface area (TPSA) is 124 Å². The number of unbranched alkanes of at least 4 members (excludes halogenated alkanes) is 2. The van der Waals surface area contributed by atoms with E-state index < -0.39 is 30.1 Å². The molecule has 0 saturated heterocycles. The van der Waals surface area contributed by atoms with E-state index in [1.807, 2.05) is 21.1 Å². The van der Waals surface area contributed by atoms with Gasteiger partial charge < -0.3 is 29.3 Å². The smallest absolute Gasteiger partial charge is 0.306 e. The van der Waals surface area contributed by atoms with Crippen molar-refractivity contribution >= 4 is 17.9 Å². The summed E-state index contributed by atoms with van der Waals surface area (Å²) in [5.74, 6) is -2.64. The maximum atomic E-state index is 11.9. The minimum absolute atomic E-state index is 0.0109. The van der Waals surface area contributed by atoms with Crippen molar-refractivity contribution in [3.63, 3.8) is 0 Å². The zero-order valence-corrected chi connectivity index (χ0v) is 15.4. The van der Waals surface area contributed by atoms with E-state index in [0.717, 1.165) is 0 Å². The highest BCUT2D eigenvalue weighted by molar-refractivity contribution is 5.71. The molecule has 2 unspecified atom stereocenters. The second kappa shape index (κ2) is 11.8. The van der Waals surface area contributed by atoms with E-state index in [-0.39, 0.29) is 25.7 Å². The molecule has 0 aromatic carbocycles. The molecule has 2 N–H and O–H groups in total. The molecule has 2 atom stereocenters. The van der Waals surface area contributed by atoms with Crippen molar-refractivity contribution in [2.45, 2.75) is 63.6 Å². The molecular weight excluding hydrogens is 330 g/mol. The molecule has 0 aliphatic carbocycles. The third-order valence-corrected chi connectivity index (χ3v) is 3.55. The predicted molar refractivity (Wildman–Crippen MR) is 88.4 cm³/mol. The monoisotopic (exact) mass is 361 g/mol. The van der Waals surface area contributed by atoms with Gasteiger partial charge in [0.05, 0.1) is 27.2 Å². The second-order valence-corrected chi connectivity index (χ2v) is 7.35. The third kappa shape index (κ3) is 15.6. The van der Waals surface area contributed by atoms with Gasteiger partial charge in [-0.25, -0.2) is 0 Å². The number of carbonyl (C=O) groups excluding carboxylic acids is 2. The Morgan fingerprint density at radius 3 is 2.20 bits per heavy atom. The minimum Gasteiger partial charge on any atom is -0.550 e. The van der Waals surface area contributed by atoms with Crippen molar-refractivity contribution in [2.75, 3.05) is 27.7 Å². The number of aliphatic carboxylic acids is 2. The molecule has 0 heterocycles. The van der Waals surface area contributed by atoms with Crippen LogP contribution >= 0.6 is 0 Å². The van der Waals surface area contributed by atoms with E-state index in [1.165, 1.54) is 0 Å². The van der Waals surface area contributed by atoms with Gasteiger partial charge in [0, 0.05) is 25.2 Å². The van der Waals surface area contributed by atoms with Gasteiger partial charge in [0.15, 0.2) is 6.10 Å². The lowest BCUT2D eigenvalue weighted by molar-refractivity contribution is -0.873. The molecule has 0 aliphatic heterocycles. The van der Waals surface area contributed by atoms with Crippen molar-refractivity contribution in [1.29, 1.82) is 0 Å². The molecule has 8 heteroatoms. The largest absolute Gasteiger partial charge is 0.550 e. The Hall–Kier alpha value is -1.67. The highest BCUT2D eigenvalue weighted by Gasteiger charge is 2.22. The van der Waals surface area contributed by atoms with E-state index in [1.54, 1.807) is 0 Å². The van der Waals surface area contributed by atoms with Crippen LogP contribution < -0.4 is 5.11 Å². The average molecular weight is 361 g/mol. The van der Waals surface area contributed by atoms with Crippen molar-refractivity contribution in [1.82, 2.24) is 0 Å². The number of ether oxygens (including phenoxy) is 1. The lowest BCUT2D eigenvalue weighted by Crippen LogP contribution is -2.45. The molecule has 0 aliphatic rings. The van der Waals surface area contributed by atoms with E-state index >= 15 is 0 Å². The van der Waals surface area contributed by atoms with Crippen LogP contribution in [0.15, 0.2) is 0 Å². The van der Waals surface area contributed by atoms with Crippen molar-refractivity contribution < 1.29 is 38.9 Å². The summed E-state index contributed by atoms with van der Waals surface area (Å²) >= 11 is 0. The number of carboxylic acids is 2. The first-order valence-electron chi connectivity index (χ1n) is 8.59. The average Bonchev–Trinajstić information content (AvgIpc) is 2.41. The molecule has 0 radical (unpaired) electrons. The van der Waals surface area contributed by atoms with Crippen molar-refractivity contribution in [3.8, 4) is 0 Å². The summed E-state index contributed by atoms with van der Waals surface area (Å²) in [5, 5.41) is 29.1. The summed E-state index contributed by atoms with van der Waals surface area (Å²) in [6.07, 6.45) is 1.07. The zero-order valence-electron chi connectivity index (χ0n) is 15.4. The molecule has 25 heavy (non-hydrogen) atoms. The van der Waals surface area contributed by atoms with Gasteiger partial charge in [-0.05, 0) is 19.3 Å². The first-order valence-corrected chi connectivity index (χ1v) is 8.59. The van der Waals surface area contributed by atoms with Gasteiger partial charge in [0.25, 0.3) is 0 Å². The Bertz CT molecular complexity index is 431. The lowest BCUT2D eigenvalue weighted by Gasteiger charge is -2.29. The summed E-state index contributed by atoms with van der Waals surface area (Å²) in [5.41, 5.74) is 0. The van der Waals surface area contributed by atoms with Gasteiger partial charge in [-0.3, -0.25) is 9.59 Å². The quantitative estimate of drug-likeness (QED) is 0.252. The Morgan fingerprint density at radius 2 is 1.68 bits per heavy atom. The molecule has 146 valence electrons. The molecule has 0 bridgehead atoms. The highest BCUT2D eigenvalue weighted by Crippen LogP contribution is 2.12. The number of rotatable bonds is 14. The van der Waals surface area contributed by atoms with E-state index in [0.29, 0.717) is 36.7 Å². The number of carboxylic acid groups (broad SMARTS) is 2. The minimum atomic E-state index is -1.27. The van der Waals surface area contributed by atoms with Crippen LogP contribution in [0.2, 0.25) is 0 Å². The molecule has 0 amide bonds. The number of aliphatic hydroxyl groups is 1. The SMILES string of the molecule is C[N+](C)(C)CC(CC(=O)[O-])OC(=O)CCC(O)CCCCCC(=O)O. The molecule has 0 aromatic heterocycles. The maximum Gasteiger partial charge on any atom is 0.306 e. The Labute approximate surface area is 149 Å². The van der Waals surface area contributed by atoms with Crippen molar-refractivity contribution in [3.05, 3.63) is 0 Å². The summed E-state index contributed by atoms with van der Waals surface area (Å²) in [6, 6.07) is 0. The number of esters is 1. The van der Waals surface area contributed by atoms with Gasteiger partial charge in [-0.1, -0.05) is 12.8 Å². The normalized spacial score (nSPS) is 13.9. The highest BCUT2D eigenvalue weighted by atomic mass is 16.5. The molecular formula is C17H31NO7. The fourth-order valence-electron chi connectivity index (χ4n) is 2.45. The lowest BCUT2D eigenvalue weighted by atomic mass is 10.1. The zero-order chi connectivity index (χ0) is 19.5. The fraction of sp³-hybridized carbons (Fsp3) is 0.824. The summed E-state index contributed by atoms with van der Waals surface area (Å²) in [4.78, 5) is 33.0. The number of likely N-dealkylation sites (N-methyl/N-ethyl adjacent to an activating group) is 1. The van der Waals surface area contributed by atoms with E-state index in [2.05, 4.69) is 0 Å². The number of aliphatic hydroxyl groups excluding tert-OH is 1. The van der Waals surface area contributed by atoms with Crippen molar-refractivity contribution in [2.24, 2.45) is 0 Å². The van der Waals surface area contributed by atoms with Crippen LogP contribution in [0.4, 0.5) is 0 Å². The van der Waals surface area contributed by atoms with Crippen LogP contribution in [0.5, 0.6) is 0 Å². The van der Waals surface area contributed by atoms with Crippen LogP contribution in [-0.2, 0) is 19.1 Å². The second-order valence-electron chi connectivity index (χ2n) is 7.35. The molecule has 0 spiro atoms. The predicted octanol–water partition coefficient (Wildman–Crippen LogP) is -0.0794. The molecule has 0 fully saturated rings. The van der Waals surface area contributed by atoms with Crippen LogP contribution in [-0.4, -0.2) is 72.5 Å². The molecule has 8 nitrogen and oxygen atoms in total. The maximum absolute atomic E-state index is 11.9. The number of quaternary nitrogens is 1. The van der Waals surface area contributed by atoms with Crippen LogP contribution in [0.1, 0.15) is 51.4 Å². The number of hydrogen-bond acceptors (Lipinski definition) is 6. The number of hydrogen-bond donors (Lipinski definition) is 2. The Morgan fingerprint density at radius 1 is 1.04 bits per heavy atom. The summed E-state index contributed by atoms with van der Waals surface area (Å²) < 4.78 is 5.65. The van der Waals surface area contributed by atoms with Gasteiger partial charge in [-0.2, -0.15) is 0 Å². The number of nitrogens with zero attached hydrogens (tertiary/aromatic N) is 1. The van der Waals surface area contributed by atoms with Crippen LogP contribution in [0, 0.1) is 0 Å². The van der Waals surface area contributed by atoms with E-state index in [9.17, 15) is 24.6 Å². The molecule has 0 saturated carbocycles. The standard InChI is InChI=1S/C17H31NO7/c1-18(2,3)12-14(11-16(22)23)25-17(24)10-9-13(19)7-5-4-6-8-15(20)21/h13-14,19H,4-12H2,1-3H3,(H-,20,21,22,23).